The lowest BCUT2D eigenvalue weighted by Crippen LogP contribution is -2.14. The van der Waals surface area contributed by atoms with Crippen LogP contribution in [0.5, 0.6) is 0 Å². The number of anilines is 1. The molecule has 2 aromatic rings. The maximum Gasteiger partial charge on any atom is 0.226 e. The van der Waals surface area contributed by atoms with Crippen molar-refractivity contribution in [1.29, 1.82) is 0 Å². The molecular formula is C10H14ClN5S. The van der Waals surface area contributed by atoms with Crippen LogP contribution in [0.3, 0.4) is 0 Å². The van der Waals surface area contributed by atoms with Crippen molar-refractivity contribution in [2.75, 3.05) is 23.9 Å². The molecule has 0 amide bonds. The summed E-state index contributed by atoms with van der Waals surface area (Å²) < 4.78 is 0. The molecule has 2 aromatic heterocycles. The van der Waals surface area contributed by atoms with E-state index in [0.29, 0.717) is 11.6 Å². The fraction of sp³-hybridized carbons (Fsp3) is 0.500. The van der Waals surface area contributed by atoms with Crippen LogP contribution in [-0.2, 0) is 0 Å². The predicted octanol–water partition coefficient (Wildman–Crippen LogP) is 2.42. The van der Waals surface area contributed by atoms with Gasteiger partial charge in [-0.3, -0.25) is 5.10 Å². The van der Waals surface area contributed by atoms with Gasteiger partial charge in [-0.1, -0.05) is 6.92 Å². The quantitative estimate of drug-likeness (QED) is 0.818. The molecule has 17 heavy (non-hydrogen) atoms. The Labute approximate surface area is 109 Å². The number of hydrogen-bond donors (Lipinski definition) is 2. The molecular weight excluding hydrogens is 258 g/mol. The summed E-state index contributed by atoms with van der Waals surface area (Å²) in [7, 11) is 0. The van der Waals surface area contributed by atoms with E-state index in [1.165, 1.54) is 0 Å². The van der Waals surface area contributed by atoms with Gasteiger partial charge in [0.2, 0.25) is 5.28 Å². The summed E-state index contributed by atoms with van der Waals surface area (Å²) in [4.78, 5) is 8.23. The molecule has 0 aliphatic carbocycles. The Hall–Kier alpha value is -1.01. The zero-order valence-corrected chi connectivity index (χ0v) is 11.3. The van der Waals surface area contributed by atoms with Crippen molar-refractivity contribution in [3.63, 3.8) is 0 Å². The minimum Gasteiger partial charge on any atom is -0.369 e. The molecule has 0 saturated carbocycles. The second-order valence-electron chi connectivity index (χ2n) is 3.91. The highest BCUT2D eigenvalue weighted by Gasteiger charge is 2.09. The first kappa shape index (κ1) is 12.4. The summed E-state index contributed by atoms with van der Waals surface area (Å²) in [6.07, 6.45) is 3.81. The Morgan fingerprint density at radius 3 is 3.12 bits per heavy atom. The number of H-pyrrole nitrogens is 1. The van der Waals surface area contributed by atoms with Crippen LogP contribution in [-0.4, -0.2) is 38.7 Å². The number of aromatic nitrogens is 4. The molecule has 0 spiro atoms. The molecule has 7 heteroatoms. The van der Waals surface area contributed by atoms with Gasteiger partial charge in [-0.2, -0.15) is 26.8 Å². The molecule has 2 N–H and O–H groups in total. The van der Waals surface area contributed by atoms with Gasteiger partial charge in [0.1, 0.15) is 5.82 Å². The molecule has 0 fully saturated rings. The van der Waals surface area contributed by atoms with Crippen LogP contribution in [0.1, 0.15) is 6.92 Å². The van der Waals surface area contributed by atoms with E-state index in [2.05, 4.69) is 38.7 Å². The van der Waals surface area contributed by atoms with E-state index >= 15 is 0 Å². The summed E-state index contributed by atoms with van der Waals surface area (Å²) in [5.74, 6) is 2.42. The monoisotopic (exact) mass is 271 g/mol. The van der Waals surface area contributed by atoms with Gasteiger partial charge < -0.3 is 5.32 Å². The van der Waals surface area contributed by atoms with Crippen molar-refractivity contribution >= 4 is 40.2 Å². The van der Waals surface area contributed by atoms with Crippen LogP contribution in [0.15, 0.2) is 6.20 Å². The van der Waals surface area contributed by atoms with Gasteiger partial charge >= 0.3 is 0 Å². The summed E-state index contributed by atoms with van der Waals surface area (Å²) in [6.45, 7) is 3.05. The number of aromatic amines is 1. The average Bonchev–Trinajstić information content (AvgIpc) is 2.74. The normalized spacial score (nSPS) is 12.9. The molecule has 1 unspecified atom stereocenters. The highest BCUT2D eigenvalue weighted by molar-refractivity contribution is 7.98. The number of nitrogens with zero attached hydrogens (tertiary/aromatic N) is 3. The first-order chi connectivity index (χ1) is 8.20. The fourth-order valence-electron chi connectivity index (χ4n) is 1.56. The Kier molecular flexibility index (Phi) is 4.06. The Balaban J connectivity index is 2.14. The molecule has 2 heterocycles. The third-order valence-corrected chi connectivity index (χ3v) is 3.42. The summed E-state index contributed by atoms with van der Waals surface area (Å²) >= 11 is 7.68. The number of thioether (sulfide) groups is 1. The van der Waals surface area contributed by atoms with E-state index in [0.717, 1.165) is 23.5 Å². The highest BCUT2D eigenvalue weighted by Crippen LogP contribution is 2.20. The van der Waals surface area contributed by atoms with Gasteiger partial charge in [-0.05, 0) is 29.5 Å². The SMILES string of the molecule is CSCC(C)CNc1nc(Cl)nc2[nH]ncc12. The molecule has 1 atom stereocenters. The van der Waals surface area contributed by atoms with Gasteiger partial charge in [0.25, 0.3) is 0 Å². The van der Waals surface area contributed by atoms with Crippen molar-refractivity contribution in [1.82, 2.24) is 20.2 Å². The van der Waals surface area contributed by atoms with E-state index < -0.39 is 0 Å². The van der Waals surface area contributed by atoms with Crippen LogP contribution in [0.4, 0.5) is 5.82 Å². The van der Waals surface area contributed by atoms with Gasteiger partial charge in [0.05, 0.1) is 11.6 Å². The first-order valence-electron chi connectivity index (χ1n) is 5.30. The topological polar surface area (TPSA) is 66.5 Å². The molecule has 5 nitrogen and oxygen atoms in total. The Bertz CT molecular complexity index is 500. The van der Waals surface area contributed by atoms with Crippen molar-refractivity contribution in [2.24, 2.45) is 5.92 Å². The van der Waals surface area contributed by atoms with Gasteiger partial charge in [-0.25, -0.2) is 0 Å². The largest absolute Gasteiger partial charge is 0.369 e. The Morgan fingerprint density at radius 2 is 2.35 bits per heavy atom. The van der Waals surface area contributed by atoms with E-state index in [1.54, 1.807) is 6.20 Å². The number of hydrogen-bond acceptors (Lipinski definition) is 5. The summed E-state index contributed by atoms with van der Waals surface area (Å²) in [6, 6.07) is 0. The molecule has 92 valence electrons. The molecule has 0 bridgehead atoms. The third-order valence-electron chi connectivity index (χ3n) is 2.35. The lowest BCUT2D eigenvalue weighted by molar-refractivity contribution is 0.700. The van der Waals surface area contributed by atoms with Crippen LogP contribution < -0.4 is 5.32 Å². The predicted molar refractivity (Wildman–Crippen MR) is 72.7 cm³/mol. The van der Waals surface area contributed by atoms with Crippen LogP contribution in [0.25, 0.3) is 11.0 Å². The molecule has 0 aliphatic heterocycles. The van der Waals surface area contributed by atoms with Gasteiger partial charge in [-0.15, -0.1) is 0 Å². The zero-order valence-electron chi connectivity index (χ0n) is 9.70. The highest BCUT2D eigenvalue weighted by atomic mass is 35.5. The number of fused-ring (bicyclic) bond motifs is 1. The van der Waals surface area contributed by atoms with Gasteiger partial charge in [0.15, 0.2) is 5.65 Å². The molecule has 0 aromatic carbocycles. The maximum absolute atomic E-state index is 5.84. The van der Waals surface area contributed by atoms with Crippen molar-refractivity contribution < 1.29 is 0 Å². The van der Waals surface area contributed by atoms with Crippen LogP contribution in [0.2, 0.25) is 5.28 Å². The summed E-state index contributed by atoms with van der Waals surface area (Å²) in [5, 5.41) is 11.1. The number of halogens is 1. The first-order valence-corrected chi connectivity index (χ1v) is 7.07. The lowest BCUT2D eigenvalue weighted by Gasteiger charge is -2.12. The standard InChI is InChI=1S/C10H14ClN5S/c1-6(5-17-2)3-12-8-7-4-13-16-9(7)15-10(11)14-8/h4,6H,3,5H2,1-2H3,(H2,12,13,14,15,16). The molecule has 0 saturated heterocycles. The maximum atomic E-state index is 5.84. The smallest absolute Gasteiger partial charge is 0.226 e. The average molecular weight is 272 g/mol. The molecule has 0 radical (unpaired) electrons. The number of nitrogens with one attached hydrogen (secondary N) is 2. The minimum atomic E-state index is 0.224. The Morgan fingerprint density at radius 1 is 1.53 bits per heavy atom. The van der Waals surface area contributed by atoms with Gasteiger partial charge in [0, 0.05) is 6.54 Å². The van der Waals surface area contributed by atoms with Crippen molar-refractivity contribution in [3.05, 3.63) is 11.5 Å². The third kappa shape index (κ3) is 3.01. The number of rotatable bonds is 5. The van der Waals surface area contributed by atoms with Crippen LogP contribution in [0, 0.1) is 5.92 Å². The van der Waals surface area contributed by atoms with E-state index in [-0.39, 0.29) is 5.28 Å². The summed E-state index contributed by atoms with van der Waals surface area (Å²) in [5.41, 5.74) is 0.657. The molecule has 2 rings (SSSR count). The second-order valence-corrected chi connectivity index (χ2v) is 5.16. The second kappa shape index (κ2) is 5.55. The van der Waals surface area contributed by atoms with Crippen LogP contribution >= 0.6 is 23.4 Å². The van der Waals surface area contributed by atoms with Crippen molar-refractivity contribution in [3.8, 4) is 0 Å². The van der Waals surface area contributed by atoms with E-state index in [9.17, 15) is 0 Å². The van der Waals surface area contributed by atoms with E-state index in [4.69, 9.17) is 11.6 Å². The minimum absolute atomic E-state index is 0.224. The zero-order chi connectivity index (χ0) is 12.3. The van der Waals surface area contributed by atoms with Crippen molar-refractivity contribution in [2.45, 2.75) is 6.92 Å². The van der Waals surface area contributed by atoms with E-state index in [1.807, 2.05) is 11.8 Å². The molecule has 0 aliphatic rings. The fourth-order valence-corrected chi connectivity index (χ4v) is 2.41. The lowest BCUT2D eigenvalue weighted by atomic mass is 10.2.